The minimum Gasteiger partial charge on any atom is -1.00 e. The minimum absolute atomic E-state index is 0. The Labute approximate surface area is 132 Å². The summed E-state index contributed by atoms with van der Waals surface area (Å²) in [6.07, 6.45) is 0. The van der Waals surface area contributed by atoms with Gasteiger partial charge in [0.2, 0.25) is 0 Å². The number of hydrogen-bond acceptors (Lipinski definition) is 0. The van der Waals surface area contributed by atoms with E-state index in [4.69, 9.17) is 0 Å². The molecule has 0 aromatic heterocycles. The topological polar surface area (TPSA) is 0 Å². The molecule has 0 heterocycles. The predicted octanol–water partition coefficient (Wildman–Crippen LogP) is -18.0. The van der Waals surface area contributed by atoms with Crippen LogP contribution in [0.4, 0.5) is 0 Å². The van der Waals surface area contributed by atoms with Crippen LogP contribution in [0, 0.1) is 0 Å². The van der Waals surface area contributed by atoms with Gasteiger partial charge in [-0.05, 0) is 0 Å². The molecule has 0 aromatic carbocycles. The molecule has 0 spiro atoms. The fraction of sp³-hybridized carbons (Fsp3) is 0. The van der Waals surface area contributed by atoms with Gasteiger partial charge in [-0.3, -0.25) is 0 Å². The summed E-state index contributed by atoms with van der Waals surface area (Å²) in [6.45, 7) is 0. The first-order valence-electron chi connectivity index (χ1n) is 0. The fourth-order valence-electron chi connectivity index (χ4n) is 0. The maximum absolute atomic E-state index is 0. The molecular weight excluding hydrogens is 142 g/mol. The molecule has 0 atom stereocenters. The second kappa shape index (κ2) is 37.9. The van der Waals surface area contributed by atoms with Gasteiger partial charge in [0.05, 0.1) is 0 Å². The molecule has 0 unspecified atom stereocenters. The van der Waals surface area contributed by atoms with Gasteiger partial charge in [-0.25, -0.2) is 0 Å². The molecule has 6 heteroatoms. The van der Waals surface area contributed by atoms with Gasteiger partial charge < -0.3 is 14.1 Å². The van der Waals surface area contributed by atoms with Crippen molar-refractivity contribution in [1.82, 2.24) is 0 Å². The molecule has 0 saturated heterocycles. The SMILES string of the molecule is [F-].[F-].[F-].[K+].[K+].[Li+]. The van der Waals surface area contributed by atoms with Crippen LogP contribution in [0.1, 0.15) is 0 Å². The number of halogens is 3. The molecule has 0 fully saturated rings. The maximum atomic E-state index is 0. The van der Waals surface area contributed by atoms with Crippen LogP contribution in [0.3, 0.4) is 0 Å². The maximum Gasteiger partial charge on any atom is 1.00 e. The van der Waals surface area contributed by atoms with Gasteiger partial charge in [0, 0.05) is 0 Å². The standard InChI is InChI=1S/3FH.2K.Li/h3*1H;;;/q;;;3*+1/p-3. The van der Waals surface area contributed by atoms with Crippen LogP contribution in [0.2, 0.25) is 0 Å². The zero-order valence-corrected chi connectivity index (χ0v) is 10.4. The van der Waals surface area contributed by atoms with Crippen LogP contribution in [-0.4, -0.2) is 0 Å². The van der Waals surface area contributed by atoms with Gasteiger partial charge in [0.1, 0.15) is 0 Å². The van der Waals surface area contributed by atoms with Crippen molar-refractivity contribution >= 4 is 0 Å². The van der Waals surface area contributed by atoms with E-state index in [-0.39, 0.29) is 136 Å². The van der Waals surface area contributed by atoms with Crippen molar-refractivity contribution in [3.05, 3.63) is 0 Å². The molecule has 0 amide bonds. The first-order valence-corrected chi connectivity index (χ1v) is 0. The Morgan fingerprint density at radius 2 is 0.500 bits per heavy atom. The fourth-order valence-corrected chi connectivity index (χ4v) is 0. The monoisotopic (exact) mass is 142 g/mol. The summed E-state index contributed by atoms with van der Waals surface area (Å²) in [6, 6.07) is 0. The second-order valence-corrected chi connectivity index (χ2v) is 0. The molecular formula is F3K2Li. The van der Waals surface area contributed by atoms with Crippen LogP contribution < -0.4 is 136 Å². The van der Waals surface area contributed by atoms with E-state index in [0.29, 0.717) is 0 Å². The summed E-state index contributed by atoms with van der Waals surface area (Å²) in [4.78, 5) is 0. The average Bonchev–Trinajstić information content (AvgIpc) is 0. The molecule has 24 valence electrons. The van der Waals surface area contributed by atoms with Crippen molar-refractivity contribution < 1.29 is 136 Å². The molecule has 6 heavy (non-hydrogen) atoms. The largest absolute Gasteiger partial charge is 1.00 e. The molecule has 0 rings (SSSR count). The Kier molecular flexibility index (Phi) is 342. The quantitative estimate of drug-likeness (QED) is 0.295. The van der Waals surface area contributed by atoms with Crippen molar-refractivity contribution in [1.29, 1.82) is 0 Å². The van der Waals surface area contributed by atoms with E-state index >= 15 is 0 Å². The Morgan fingerprint density at radius 1 is 0.500 bits per heavy atom. The van der Waals surface area contributed by atoms with E-state index in [1.165, 1.54) is 0 Å². The van der Waals surface area contributed by atoms with E-state index in [1.807, 2.05) is 0 Å². The van der Waals surface area contributed by atoms with Crippen molar-refractivity contribution in [2.75, 3.05) is 0 Å². The summed E-state index contributed by atoms with van der Waals surface area (Å²) in [5, 5.41) is 0. The van der Waals surface area contributed by atoms with Crippen molar-refractivity contribution in [3.63, 3.8) is 0 Å². The molecule has 0 saturated carbocycles. The second-order valence-electron chi connectivity index (χ2n) is 0. The van der Waals surface area contributed by atoms with Crippen LogP contribution in [0.25, 0.3) is 0 Å². The summed E-state index contributed by atoms with van der Waals surface area (Å²) in [5.41, 5.74) is 0. The van der Waals surface area contributed by atoms with Crippen LogP contribution in [-0.2, 0) is 0 Å². The van der Waals surface area contributed by atoms with Crippen molar-refractivity contribution in [2.24, 2.45) is 0 Å². The molecule has 0 aliphatic rings. The number of hydrogen-bond donors (Lipinski definition) is 0. The van der Waals surface area contributed by atoms with E-state index in [0.717, 1.165) is 0 Å². The van der Waals surface area contributed by atoms with Gasteiger partial charge in [-0.2, -0.15) is 0 Å². The average molecular weight is 142 g/mol. The van der Waals surface area contributed by atoms with Crippen LogP contribution in [0.15, 0.2) is 0 Å². The first kappa shape index (κ1) is 54.1. The van der Waals surface area contributed by atoms with Gasteiger partial charge in [0.15, 0.2) is 0 Å². The summed E-state index contributed by atoms with van der Waals surface area (Å²) in [5.74, 6) is 0. The smallest absolute Gasteiger partial charge is 1.00 e. The zero-order chi connectivity index (χ0) is 0. The molecule has 0 bridgehead atoms. The van der Waals surface area contributed by atoms with E-state index in [1.54, 1.807) is 0 Å². The molecule has 0 radical (unpaired) electrons. The normalized spacial score (nSPS) is 0. The summed E-state index contributed by atoms with van der Waals surface area (Å²) >= 11 is 0. The van der Waals surface area contributed by atoms with E-state index < -0.39 is 0 Å². The zero-order valence-electron chi connectivity index (χ0n) is 4.13. The van der Waals surface area contributed by atoms with Gasteiger partial charge in [-0.1, -0.05) is 0 Å². The van der Waals surface area contributed by atoms with Crippen LogP contribution >= 0.6 is 0 Å². The predicted molar refractivity (Wildman–Crippen MR) is 0 cm³/mol. The van der Waals surface area contributed by atoms with Crippen molar-refractivity contribution in [2.45, 2.75) is 0 Å². The molecule has 0 N–H and O–H groups in total. The third-order valence-corrected chi connectivity index (χ3v) is 0. The van der Waals surface area contributed by atoms with E-state index in [9.17, 15) is 0 Å². The summed E-state index contributed by atoms with van der Waals surface area (Å²) in [7, 11) is 0. The van der Waals surface area contributed by atoms with Gasteiger partial charge in [0.25, 0.3) is 0 Å². The Bertz CT molecular complexity index is 8.75. The van der Waals surface area contributed by atoms with Gasteiger partial charge in [-0.15, -0.1) is 0 Å². The van der Waals surface area contributed by atoms with E-state index in [2.05, 4.69) is 0 Å². The minimum atomic E-state index is 0. The third kappa shape index (κ3) is 25.4. The first-order chi connectivity index (χ1) is 0. The third-order valence-electron chi connectivity index (χ3n) is 0. The van der Waals surface area contributed by atoms with Gasteiger partial charge >= 0.3 is 122 Å². The Morgan fingerprint density at radius 3 is 0.500 bits per heavy atom. The van der Waals surface area contributed by atoms with Crippen LogP contribution in [0.5, 0.6) is 0 Å². The van der Waals surface area contributed by atoms with Crippen molar-refractivity contribution in [3.8, 4) is 0 Å². The Hall–Kier alpha value is 3.66. The summed E-state index contributed by atoms with van der Waals surface area (Å²) < 4.78 is 0. The number of rotatable bonds is 0. The molecule has 0 nitrogen and oxygen atoms in total. The molecule has 0 aliphatic heterocycles. The molecule has 0 aliphatic carbocycles. The Balaban J connectivity index is 0. The molecule has 0 aromatic rings.